The maximum Gasteiger partial charge on any atom is 0.410 e. The van der Waals surface area contributed by atoms with Gasteiger partial charge in [0.1, 0.15) is 19.2 Å². The second kappa shape index (κ2) is 17.4. The van der Waals surface area contributed by atoms with Crippen molar-refractivity contribution in [2.45, 2.75) is 38.4 Å². The molecule has 0 bridgehead atoms. The van der Waals surface area contributed by atoms with Gasteiger partial charge < -0.3 is 14.1 Å². The molecular weight excluding hydrogens is 701 g/mol. The first kappa shape index (κ1) is 38.6. The first-order valence-corrected chi connectivity index (χ1v) is 20.3. The zero-order chi connectivity index (χ0) is 38.8. The molecule has 1 aliphatic rings. The number of carbonyl (C=O) groups is 2. The Balaban J connectivity index is 1.39. The van der Waals surface area contributed by atoms with Gasteiger partial charge >= 0.3 is 6.09 Å². The molecule has 8 nitrogen and oxygen atoms in total. The summed E-state index contributed by atoms with van der Waals surface area (Å²) in [6, 6.07) is 47.7. The molecule has 1 fully saturated rings. The van der Waals surface area contributed by atoms with Crippen molar-refractivity contribution in [3.05, 3.63) is 174 Å². The van der Waals surface area contributed by atoms with Crippen LogP contribution >= 0.6 is 0 Å². The molecule has 9 heteroatoms. The average Bonchev–Trinajstić information content (AvgIpc) is 3.21. The van der Waals surface area contributed by atoms with Gasteiger partial charge in [-0.1, -0.05) is 161 Å². The van der Waals surface area contributed by atoms with Gasteiger partial charge in [-0.25, -0.2) is 9.79 Å². The maximum absolute atomic E-state index is 14.1. The molecule has 278 valence electrons. The zero-order valence-electron chi connectivity index (χ0n) is 31.6. The van der Waals surface area contributed by atoms with E-state index < -0.39 is 20.5 Å². The fraction of sp³-hybridized carbons (Fsp3) is 0.217. The number of ether oxygens (including phenoxy) is 1. The second-order valence-electron chi connectivity index (χ2n) is 14.6. The van der Waals surface area contributed by atoms with Crippen LogP contribution in [-0.2, 0) is 20.5 Å². The lowest BCUT2D eigenvalue weighted by molar-refractivity contribution is -0.141. The summed E-state index contributed by atoms with van der Waals surface area (Å²) in [6.45, 7) is 10.8. The van der Waals surface area contributed by atoms with Gasteiger partial charge in [-0.15, -0.1) is 0 Å². The number of carbonyl (C=O) groups excluding carboxylic acids is 2. The van der Waals surface area contributed by atoms with Crippen LogP contribution in [0.15, 0.2) is 157 Å². The Bertz CT molecular complexity index is 2080. The average molecular weight is 747 g/mol. The topological polar surface area (TPSA) is 95.2 Å². The smallest absolute Gasteiger partial charge is 0.410 e. The quantitative estimate of drug-likeness (QED) is 0.0744. The Morgan fingerprint density at radius 1 is 0.873 bits per heavy atom. The zero-order valence-corrected chi connectivity index (χ0v) is 32.6. The molecule has 1 saturated heterocycles. The highest BCUT2D eigenvalue weighted by molar-refractivity contribution is 6.99. The summed E-state index contributed by atoms with van der Waals surface area (Å²) >= 11 is 0. The third-order valence-corrected chi connectivity index (χ3v) is 14.9. The van der Waals surface area contributed by atoms with Crippen molar-refractivity contribution < 1.29 is 18.8 Å². The van der Waals surface area contributed by atoms with E-state index in [-0.39, 0.29) is 43.8 Å². The lowest BCUT2D eigenvalue weighted by Crippen LogP contribution is -2.68. The summed E-state index contributed by atoms with van der Waals surface area (Å²) in [7, 11) is -2.99. The molecule has 1 aliphatic heterocycles. The maximum atomic E-state index is 14.1. The van der Waals surface area contributed by atoms with Crippen LogP contribution in [0.3, 0.4) is 0 Å². The van der Waals surface area contributed by atoms with E-state index in [4.69, 9.17) is 14.2 Å². The lowest BCUT2D eigenvalue weighted by atomic mass is 10.0. The molecule has 0 radical (unpaired) electrons. The van der Waals surface area contributed by atoms with Crippen LogP contribution in [0.2, 0.25) is 5.04 Å². The van der Waals surface area contributed by atoms with Gasteiger partial charge in [-0.05, 0) is 33.1 Å². The van der Waals surface area contributed by atoms with Gasteiger partial charge in [-0.2, -0.15) is 5.26 Å². The molecule has 0 spiro atoms. The molecule has 5 aromatic rings. The Kier molecular flexibility index (Phi) is 12.2. The van der Waals surface area contributed by atoms with E-state index in [1.807, 2.05) is 109 Å². The van der Waals surface area contributed by atoms with E-state index in [0.717, 1.165) is 32.8 Å². The van der Waals surface area contributed by atoms with Crippen LogP contribution < -0.4 is 10.4 Å². The van der Waals surface area contributed by atoms with Gasteiger partial charge in [0.25, 0.3) is 8.32 Å². The molecule has 0 N–H and O–H groups in total. The van der Waals surface area contributed by atoms with Crippen LogP contribution in [0.5, 0.6) is 0 Å². The van der Waals surface area contributed by atoms with Crippen molar-refractivity contribution in [3.63, 3.8) is 0 Å². The number of aliphatic imine (C=N–C) groups is 1. The SMILES string of the molecule is C=CCOC(=O)N1CC(=O)N(Cc2ccc(C#N)c(N=C(c3ccccc3)c3ccccc3)c2)[C@@H](CO[Si](c2ccccc2)(c2ccccc2)C(C)(C)C)C1. The number of hydrogen-bond donors (Lipinski definition) is 0. The van der Waals surface area contributed by atoms with Crippen LogP contribution in [0, 0.1) is 11.3 Å². The largest absolute Gasteiger partial charge is 0.445 e. The molecular formula is C46H46N4O4Si. The van der Waals surface area contributed by atoms with Gasteiger partial charge in [0.15, 0.2) is 0 Å². The number of nitrogens with zero attached hydrogens (tertiary/aromatic N) is 4. The van der Waals surface area contributed by atoms with Crippen molar-refractivity contribution >= 4 is 42.1 Å². The Morgan fingerprint density at radius 2 is 1.42 bits per heavy atom. The fourth-order valence-corrected chi connectivity index (χ4v) is 11.8. The lowest BCUT2D eigenvalue weighted by Gasteiger charge is -2.46. The number of amides is 2. The first-order chi connectivity index (χ1) is 26.6. The molecule has 55 heavy (non-hydrogen) atoms. The monoisotopic (exact) mass is 746 g/mol. The van der Waals surface area contributed by atoms with Crippen molar-refractivity contribution in [2.75, 3.05) is 26.3 Å². The number of piperazine rings is 1. The van der Waals surface area contributed by atoms with Gasteiger partial charge in [0.05, 0.1) is 29.6 Å². The minimum Gasteiger partial charge on any atom is -0.445 e. The molecule has 1 heterocycles. The van der Waals surface area contributed by atoms with Crippen LogP contribution in [0.1, 0.15) is 43.0 Å². The van der Waals surface area contributed by atoms with E-state index in [9.17, 15) is 14.9 Å². The molecule has 0 aromatic heterocycles. The minimum absolute atomic E-state index is 0.0406. The van der Waals surface area contributed by atoms with E-state index >= 15 is 0 Å². The highest BCUT2D eigenvalue weighted by Gasteiger charge is 2.51. The summed E-state index contributed by atoms with van der Waals surface area (Å²) in [5.74, 6) is -0.235. The summed E-state index contributed by atoms with van der Waals surface area (Å²) in [4.78, 5) is 35.6. The molecule has 5 aromatic carbocycles. The summed E-state index contributed by atoms with van der Waals surface area (Å²) in [5.41, 5.74) is 4.28. The summed E-state index contributed by atoms with van der Waals surface area (Å²) in [6.07, 6.45) is 0.929. The fourth-order valence-electron chi connectivity index (χ4n) is 7.25. The Hall–Kier alpha value is -6.08. The van der Waals surface area contributed by atoms with Crippen LogP contribution in [-0.4, -0.2) is 68.2 Å². The molecule has 0 aliphatic carbocycles. The normalized spacial score (nSPS) is 14.5. The van der Waals surface area contributed by atoms with Crippen molar-refractivity contribution in [1.29, 1.82) is 5.26 Å². The van der Waals surface area contributed by atoms with Crippen molar-refractivity contribution in [3.8, 4) is 6.07 Å². The van der Waals surface area contributed by atoms with Crippen LogP contribution in [0.4, 0.5) is 10.5 Å². The highest BCUT2D eigenvalue weighted by Crippen LogP contribution is 2.37. The van der Waals surface area contributed by atoms with E-state index in [0.29, 0.717) is 11.3 Å². The summed E-state index contributed by atoms with van der Waals surface area (Å²) < 4.78 is 12.7. The van der Waals surface area contributed by atoms with Crippen LogP contribution in [0.25, 0.3) is 0 Å². The van der Waals surface area contributed by atoms with E-state index in [1.165, 1.54) is 11.0 Å². The second-order valence-corrected chi connectivity index (χ2v) is 18.9. The van der Waals surface area contributed by atoms with Crippen molar-refractivity contribution in [2.24, 2.45) is 4.99 Å². The summed E-state index contributed by atoms with van der Waals surface area (Å²) in [5, 5.41) is 12.1. The third kappa shape index (κ3) is 8.67. The molecule has 2 amide bonds. The number of rotatable bonds is 12. The highest BCUT2D eigenvalue weighted by atomic mass is 28.4. The number of benzene rings is 5. The standard InChI is InChI=1S/C46H46N4O4Si/c1-5-28-53-45(52)49-32-39(34-54-55(46(2,3)4,40-22-14-8-15-23-40)41-24-16-9-17-25-41)50(43(51)33-49)31-35-26-27-38(30-47)42(29-35)48-44(36-18-10-6-11-19-36)37-20-12-7-13-21-37/h5-27,29,39H,1,28,31-34H2,2-4H3/t39-/m1/s1. The first-order valence-electron chi connectivity index (χ1n) is 18.4. The Morgan fingerprint density at radius 3 is 1.93 bits per heavy atom. The molecule has 0 unspecified atom stereocenters. The minimum atomic E-state index is -2.99. The van der Waals surface area contributed by atoms with E-state index in [1.54, 1.807) is 11.0 Å². The Labute approximate surface area is 325 Å². The molecule has 6 rings (SSSR count). The van der Waals surface area contributed by atoms with Crippen molar-refractivity contribution in [1.82, 2.24) is 9.80 Å². The third-order valence-electron chi connectivity index (χ3n) is 9.87. The molecule has 1 atom stereocenters. The molecule has 0 saturated carbocycles. The predicted molar refractivity (Wildman–Crippen MR) is 220 cm³/mol. The number of hydrogen-bond acceptors (Lipinski definition) is 6. The van der Waals surface area contributed by atoms with Gasteiger partial charge in [0.2, 0.25) is 5.91 Å². The van der Waals surface area contributed by atoms with E-state index in [2.05, 4.69) is 57.7 Å². The van der Waals surface area contributed by atoms with Gasteiger partial charge in [0, 0.05) is 24.2 Å². The number of nitriles is 1. The van der Waals surface area contributed by atoms with Gasteiger partial charge in [-0.3, -0.25) is 9.69 Å². The predicted octanol–water partition coefficient (Wildman–Crippen LogP) is 7.64.